The summed E-state index contributed by atoms with van der Waals surface area (Å²) in [5.74, 6) is -0.115. The van der Waals surface area contributed by atoms with Gasteiger partial charge in [0.05, 0.1) is 18.4 Å². The van der Waals surface area contributed by atoms with Crippen molar-refractivity contribution in [3.63, 3.8) is 0 Å². The molecule has 0 aromatic carbocycles. The Morgan fingerprint density at radius 2 is 2.47 bits per heavy atom. The highest BCUT2D eigenvalue weighted by Gasteiger charge is 2.34. The Morgan fingerprint density at radius 3 is 3.12 bits per heavy atom. The summed E-state index contributed by atoms with van der Waals surface area (Å²) < 4.78 is 4.87. The second kappa shape index (κ2) is 5.13. The summed E-state index contributed by atoms with van der Waals surface area (Å²) in [5, 5.41) is 11.6. The van der Waals surface area contributed by atoms with E-state index in [0.717, 1.165) is 5.56 Å². The lowest BCUT2D eigenvalue weighted by Gasteiger charge is -2.20. The number of carboxylic acid groups (broad SMARTS) is 1. The van der Waals surface area contributed by atoms with Gasteiger partial charge in [0.25, 0.3) is 0 Å². The minimum atomic E-state index is -0.964. The van der Waals surface area contributed by atoms with E-state index in [1.165, 1.54) is 29.2 Å². The standard InChI is InChI=1S/C10H12N2O4S/c13-9(14)8-5-17-6-12(8)10(15)11-3-7-1-2-16-4-7/h1-2,4,8H,3,5-6H2,(H,11,15)(H,13,14). The Balaban J connectivity index is 1.89. The lowest BCUT2D eigenvalue weighted by atomic mass is 10.3. The first-order valence-electron chi connectivity index (χ1n) is 5.04. The van der Waals surface area contributed by atoms with Gasteiger partial charge in [0.15, 0.2) is 0 Å². The van der Waals surface area contributed by atoms with Crippen LogP contribution >= 0.6 is 11.8 Å². The van der Waals surface area contributed by atoms with E-state index in [1.807, 2.05) is 0 Å². The van der Waals surface area contributed by atoms with Crippen molar-refractivity contribution in [2.45, 2.75) is 12.6 Å². The Hall–Kier alpha value is -1.63. The van der Waals surface area contributed by atoms with E-state index >= 15 is 0 Å². The fourth-order valence-electron chi connectivity index (χ4n) is 1.52. The summed E-state index contributed by atoms with van der Waals surface area (Å²) in [7, 11) is 0. The number of amides is 2. The van der Waals surface area contributed by atoms with Crippen molar-refractivity contribution in [3.8, 4) is 0 Å². The van der Waals surface area contributed by atoms with Gasteiger partial charge in [-0.1, -0.05) is 0 Å². The molecule has 1 atom stereocenters. The van der Waals surface area contributed by atoms with Crippen molar-refractivity contribution in [3.05, 3.63) is 24.2 Å². The van der Waals surface area contributed by atoms with Crippen LogP contribution in [0.15, 0.2) is 23.0 Å². The Bertz CT molecular complexity index is 406. The van der Waals surface area contributed by atoms with Crippen LogP contribution in [-0.4, -0.2) is 39.7 Å². The zero-order valence-corrected chi connectivity index (χ0v) is 9.77. The minimum absolute atomic E-state index is 0.336. The van der Waals surface area contributed by atoms with Crippen molar-refractivity contribution >= 4 is 23.8 Å². The van der Waals surface area contributed by atoms with Gasteiger partial charge in [-0.25, -0.2) is 9.59 Å². The zero-order valence-electron chi connectivity index (χ0n) is 8.96. The number of urea groups is 1. The molecule has 1 saturated heterocycles. The summed E-state index contributed by atoms with van der Waals surface area (Å²) >= 11 is 1.44. The molecule has 1 aliphatic heterocycles. The average Bonchev–Trinajstić information content (AvgIpc) is 2.96. The molecular weight excluding hydrogens is 244 g/mol. The SMILES string of the molecule is O=C(O)C1CSCN1C(=O)NCc1ccoc1. The number of rotatable bonds is 3. The summed E-state index contributed by atoms with van der Waals surface area (Å²) in [6.45, 7) is 0.336. The van der Waals surface area contributed by atoms with E-state index in [2.05, 4.69) is 5.32 Å². The van der Waals surface area contributed by atoms with Crippen LogP contribution in [0.2, 0.25) is 0 Å². The molecule has 0 bridgehead atoms. The van der Waals surface area contributed by atoms with Gasteiger partial charge < -0.3 is 19.7 Å². The number of furan rings is 1. The predicted molar refractivity (Wildman–Crippen MR) is 61.5 cm³/mol. The van der Waals surface area contributed by atoms with Gasteiger partial charge in [0.1, 0.15) is 6.04 Å². The molecule has 7 heteroatoms. The smallest absolute Gasteiger partial charge is 0.327 e. The van der Waals surface area contributed by atoms with Gasteiger partial charge in [-0.3, -0.25) is 0 Å². The summed E-state index contributed by atoms with van der Waals surface area (Å²) in [6, 6.07) is 0.654. The molecular formula is C10H12N2O4S. The Labute approximate surface area is 102 Å². The van der Waals surface area contributed by atoms with E-state index in [-0.39, 0.29) is 6.03 Å². The monoisotopic (exact) mass is 256 g/mol. The quantitative estimate of drug-likeness (QED) is 0.841. The van der Waals surface area contributed by atoms with Crippen LogP contribution in [0.1, 0.15) is 5.56 Å². The third-order valence-corrected chi connectivity index (χ3v) is 3.46. The van der Waals surface area contributed by atoms with E-state index in [4.69, 9.17) is 9.52 Å². The zero-order chi connectivity index (χ0) is 12.3. The van der Waals surface area contributed by atoms with Crippen LogP contribution in [-0.2, 0) is 11.3 Å². The first-order chi connectivity index (χ1) is 8.18. The molecule has 92 valence electrons. The number of thioether (sulfide) groups is 1. The number of carboxylic acids is 1. The van der Waals surface area contributed by atoms with Crippen LogP contribution in [0.3, 0.4) is 0 Å². The minimum Gasteiger partial charge on any atom is -0.480 e. The van der Waals surface area contributed by atoms with E-state index in [9.17, 15) is 9.59 Å². The molecule has 2 N–H and O–H groups in total. The topological polar surface area (TPSA) is 82.8 Å². The third-order valence-electron chi connectivity index (χ3n) is 2.45. The molecule has 1 aromatic heterocycles. The van der Waals surface area contributed by atoms with Crippen LogP contribution in [0.4, 0.5) is 4.79 Å². The highest BCUT2D eigenvalue weighted by Crippen LogP contribution is 2.20. The largest absolute Gasteiger partial charge is 0.480 e. The van der Waals surface area contributed by atoms with E-state index in [0.29, 0.717) is 18.2 Å². The molecule has 0 saturated carbocycles. The summed E-state index contributed by atoms with van der Waals surface area (Å²) in [5.41, 5.74) is 0.845. The van der Waals surface area contributed by atoms with Gasteiger partial charge in [0, 0.05) is 17.9 Å². The van der Waals surface area contributed by atoms with Gasteiger partial charge in [-0.2, -0.15) is 0 Å². The van der Waals surface area contributed by atoms with Gasteiger partial charge in [-0.15, -0.1) is 11.8 Å². The molecule has 0 spiro atoms. The molecule has 6 nitrogen and oxygen atoms in total. The number of nitrogens with one attached hydrogen (secondary N) is 1. The van der Waals surface area contributed by atoms with Crippen molar-refractivity contribution < 1.29 is 19.1 Å². The maximum Gasteiger partial charge on any atom is 0.327 e. The number of hydrogen-bond acceptors (Lipinski definition) is 4. The molecule has 1 unspecified atom stereocenters. The fourth-order valence-corrected chi connectivity index (χ4v) is 2.66. The molecule has 0 radical (unpaired) electrons. The molecule has 17 heavy (non-hydrogen) atoms. The van der Waals surface area contributed by atoms with Crippen LogP contribution < -0.4 is 5.32 Å². The van der Waals surface area contributed by atoms with Gasteiger partial charge in [-0.05, 0) is 6.07 Å². The van der Waals surface area contributed by atoms with Crippen molar-refractivity contribution in [2.75, 3.05) is 11.6 Å². The molecule has 2 rings (SSSR count). The van der Waals surface area contributed by atoms with Crippen LogP contribution in [0, 0.1) is 0 Å². The number of nitrogens with zero attached hydrogens (tertiary/aromatic N) is 1. The highest BCUT2D eigenvalue weighted by atomic mass is 32.2. The average molecular weight is 256 g/mol. The van der Waals surface area contributed by atoms with Crippen LogP contribution in [0.25, 0.3) is 0 Å². The summed E-state index contributed by atoms with van der Waals surface area (Å²) in [6.07, 6.45) is 3.06. The van der Waals surface area contributed by atoms with E-state index < -0.39 is 12.0 Å². The first-order valence-corrected chi connectivity index (χ1v) is 6.20. The number of carbonyl (C=O) groups excluding carboxylic acids is 1. The Kier molecular flexibility index (Phi) is 3.58. The summed E-state index contributed by atoms with van der Waals surface area (Å²) in [4.78, 5) is 24.0. The van der Waals surface area contributed by atoms with Gasteiger partial charge >= 0.3 is 12.0 Å². The molecule has 2 heterocycles. The highest BCUT2D eigenvalue weighted by molar-refractivity contribution is 7.99. The molecule has 2 amide bonds. The number of hydrogen-bond donors (Lipinski definition) is 2. The van der Waals surface area contributed by atoms with Crippen LogP contribution in [0.5, 0.6) is 0 Å². The lowest BCUT2D eigenvalue weighted by Crippen LogP contribution is -2.46. The van der Waals surface area contributed by atoms with E-state index in [1.54, 1.807) is 6.07 Å². The van der Waals surface area contributed by atoms with Crippen molar-refractivity contribution in [1.29, 1.82) is 0 Å². The number of carbonyl (C=O) groups is 2. The maximum absolute atomic E-state index is 11.8. The second-order valence-electron chi connectivity index (χ2n) is 3.61. The molecule has 1 fully saturated rings. The number of aliphatic carboxylic acids is 1. The fraction of sp³-hybridized carbons (Fsp3) is 0.400. The van der Waals surface area contributed by atoms with Crippen molar-refractivity contribution in [2.24, 2.45) is 0 Å². The predicted octanol–water partition coefficient (Wildman–Crippen LogP) is 0.949. The molecule has 0 aliphatic carbocycles. The van der Waals surface area contributed by atoms with Gasteiger partial charge in [0.2, 0.25) is 0 Å². The third kappa shape index (κ3) is 2.73. The maximum atomic E-state index is 11.8. The molecule has 1 aliphatic rings. The molecule has 1 aromatic rings. The normalized spacial score (nSPS) is 19.3. The Morgan fingerprint density at radius 1 is 1.65 bits per heavy atom. The first kappa shape index (κ1) is 11.8. The second-order valence-corrected chi connectivity index (χ2v) is 4.61. The lowest BCUT2D eigenvalue weighted by molar-refractivity contribution is -0.140. The van der Waals surface area contributed by atoms with Crippen molar-refractivity contribution in [1.82, 2.24) is 10.2 Å².